The van der Waals surface area contributed by atoms with E-state index in [2.05, 4.69) is 0 Å². The summed E-state index contributed by atoms with van der Waals surface area (Å²) in [6, 6.07) is 9.89. The van der Waals surface area contributed by atoms with Gasteiger partial charge in [-0.25, -0.2) is 4.79 Å². The van der Waals surface area contributed by atoms with Gasteiger partial charge in [0.2, 0.25) is 11.2 Å². The molecule has 98 valence electrons. The first-order valence-corrected chi connectivity index (χ1v) is 6.07. The van der Waals surface area contributed by atoms with E-state index >= 15 is 0 Å². The Morgan fingerprint density at radius 1 is 1.32 bits per heavy atom. The van der Waals surface area contributed by atoms with E-state index in [0.29, 0.717) is 5.56 Å². The topological polar surface area (TPSA) is 56.5 Å². The van der Waals surface area contributed by atoms with Crippen LogP contribution in [0.2, 0.25) is 5.02 Å². The normalized spacial score (nSPS) is 10.2. The molecular weight excluding hydrogens is 268 g/mol. The molecule has 5 heteroatoms. The summed E-state index contributed by atoms with van der Waals surface area (Å²) in [7, 11) is 0. The molecule has 0 bridgehead atoms. The van der Waals surface area contributed by atoms with Gasteiger partial charge in [0.05, 0.1) is 6.61 Å². The van der Waals surface area contributed by atoms with Gasteiger partial charge in [-0.1, -0.05) is 41.9 Å². The summed E-state index contributed by atoms with van der Waals surface area (Å²) < 4.78 is 10.2. The maximum absolute atomic E-state index is 11.7. The maximum atomic E-state index is 11.7. The number of carbonyl (C=O) groups excluding carboxylic acids is 1. The van der Waals surface area contributed by atoms with Gasteiger partial charge in [-0.05, 0) is 6.92 Å². The number of esters is 1. The molecule has 0 atom stereocenters. The standard InChI is InChI=1S/C14H11ClO4/c1-2-18-14(17)11-8-10(16)12(15)13(19-11)9-6-4-3-5-7-9/h3-8H,2H2,1H3. The molecule has 0 saturated carbocycles. The zero-order valence-electron chi connectivity index (χ0n) is 10.2. The number of halogens is 1. The van der Waals surface area contributed by atoms with Crippen LogP contribution >= 0.6 is 11.6 Å². The number of rotatable bonds is 3. The molecule has 2 rings (SSSR count). The van der Waals surface area contributed by atoms with Crippen molar-refractivity contribution in [3.05, 3.63) is 57.4 Å². The fourth-order valence-electron chi connectivity index (χ4n) is 1.56. The second-order valence-electron chi connectivity index (χ2n) is 3.70. The van der Waals surface area contributed by atoms with Crippen LogP contribution in [0, 0.1) is 0 Å². The average Bonchev–Trinajstić information content (AvgIpc) is 2.43. The Morgan fingerprint density at radius 3 is 2.63 bits per heavy atom. The van der Waals surface area contributed by atoms with Crippen molar-refractivity contribution in [2.24, 2.45) is 0 Å². The maximum Gasteiger partial charge on any atom is 0.374 e. The molecule has 0 saturated heterocycles. The summed E-state index contributed by atoms with van der Waals surface area (Å²) in [4.78, 5) is 23.3. The lowest BCUT2D eigenvalue weighted by Crippen LogP contribution is -2.11. The highest BCUT2D eigenvalue weighted by Crippen LogP contribution is 2.26. The Bertz CT molecular complexity index is 646. The molecule has 4 nitrogen and oxygen atoms in total. The molecule has 0 aliphatic carbocycles. The van der Waals surface area contributed by atoms with Crippen LogP contribution < -0.4 is 5.43 Å². The zero-order chi connectivity index (χ0) is 13.8. The number of ether oxygens (including phenoxy) is 1. The molecular formula is C14H11ClO4. The Kier molecular flexibility index (Phi) is 4.02. The fraction of sp³-hybridized carbons (Fsp3) is 0.143. The van der Waals surface area contributed by atoms with E-state index in [0.717, 1.165) is 6.07 Å². The molecule has 0 radical (unpaired) electrons. The second kappa shape index (κ2) is 5.71. The molecule has 1 aromatic heterocycles. The van der Waals surface area contributed by atoms with Gasteiger partial charge in [0.25, 0.3) is 0 Å². The van der Waals surface area contributed by atoms with Crippen LogP contribution in [0.25, 0.3) is 11.3 Å². The summed E-state index contributed by atoms with van der Waals surface area (Å²) >= 11 is 5.92. The Morgan fingerprint density at radius 2 is 2.00 bits per heavy atom. The van der Waals surface area contributed by atoms with Crippen molar-refractivity contribution in [2.75, 3.05) is 6.61 Å². The smallest absolute Gasteiger partial charge is 0.374 e. The highest BCUT2D eigenvalue weighted by molar-refractivity contribution is 6.32. The lowest BCUT2D eigenvalue weighted by atomic mass is 10.1. The number of hydrogen-bond acceptors (Lipinski definition) is 4. The molecule has 0 amide bonds. The average molecular weight is 279 g/mol. The van der Waals surface area contributed by atoms with Crippen molar-refractivity contribution in [1.82, 2.24) is 0 Å². The molecule has 1 heterocycles. The Labute approximate surface area is 114 Å². The molecule has 1 aromatic carbocycles. The third-order valence-corrected chi connectivity index (χ3v) is 2.76. The summed E-state index contributed by atoms with van der Waals surface area (Å²) in [5.74, 6) is -0.679. The molecule has 0 unspecified atom stereocenters. The highest BCUT2D eigenvalue weighted by atomic mass is 35.5. The number of carbonyl (C=O) groups is 1. The first-order chi connectivity index (χ1) is 9.13. The summed E-state index contributed by atoms with van der Waals surface area (Å²) in [6.07, 6.45) is 0. The second-order valence-corrected chi connectivity index (χ2v) is 4.08. The van der Waals surface area contributed by atoms with E-state index in [1.54, 1.807) is 31.2 Å². The predicted octanol–water partition coefficient (Wildman–Crippen LogP) is 3.14. The van der Waals surface area contributed by atoms with E-state index in [4.69, 9.17) is 20.8 Å². The number of benzene rings is 1. The van der Waals surface area contributed by atoms with Gasteiger partial charge >= 0.3 is 5.97 Å². The Hall–Kier alpha value is -2.07. The fourth-order valence-corrected chi connectivity index (χ4v) is 1.76. The molecule has 2 aromatic rings. The minimum absolute atomic E-state index is 0.0563. The van der Waals surface area contributed by atoms with E-state index < -0.39 is 11.4 Å². The van der Waals surface area contributed by atoms with Crippen LogP contribution in [0.1, 0.15) is 17.5 Å². The van der Waals surface area contributed by atoms with Crippen LogP contribution in [0.5, 0.6) is 0 Å². The molecule has 0 fully saturated rings. The van der Waals surface area contributed by atoms with Crippen LogP contribution in [-0.2, 0) is 4.74 Å². The minimum Gasteiger partial charge on any atom is -0.460 e. The largest absolute Gasteiger partial charge is 0.460 e. The summed E-state index contributed by atoms with van der Waals surface area (Å²) in [6.45, 7) is 1.87. The van der Waals surface area contributed by atoms with Crippen molar-refractivity contribution in [3.8, 4) is 11.3 Å². The molecule has 0 spiro atoms. The van der Waals surface area contributed by atoms with Crippen LogP contribution in [0.4, 0.5) is 0 Å². The van der Waals surface area contributed by atoms with Gasteiger partial charge in [-0.2, -0.15) is 0 Å². The van der Waals surface area contributed by atoms with Crippen LogP contribution in [-0.4, -0.2) is 12.6 Å². The summed E-state index contributed by atoms with van der Waals surface area (Å²) in [5, 5.41) is -0.0563. The van der Waals surface area contributed by atoms with E-state index in [9.17, 15) is 9.59 Å². The van der Waals surface area contributed by atoms with Gasteiger partial charge in [-0.15, -0.1) is 0 Å². The highest BCUT2D eigenvalue weighted by Gasteiger charge is 2.17. The lowest BCUT2D eigenvalue weighted by molar-refractivity contribution is 0.0488. The van der Waals surface area contributed by atoms with E-state index in [1.165, 1.54) is 0 Å². The lowest BCUT2D eigenvalue weighted by Gasteiger charge is -2.06. The van der Waals surface area contributed by atoms with Crippen molar-refractivity contribution < 1.29 is 13.9 Å². The minimum atomic E-state index is -0.687. The van der Waals surface area contributed by atoms with Gasteiger partial charge in [0.15, 0.2) is 5.76 Å². The van der Waals surface area contributed by atoms with Gasteiger partial charge in [0.1, 0.15) is 5.02 Å². The van der Waals surface area contributed by atoms with Crippen molar-refractivity contribution in [1.29, 1.82) is 0 Å². The number of hydrogen-bond donors (Lipinski definition) is 0. The quantitative estimate of drug-likeness (QED) is 0.810. The van der Waals surface area contributed by atoms with Gasteiger partial charge < -0.3 is 9.15 Å². The van der Waals surface area contributed by atoms with Crippen molar-refractivity contribution in [3.63, 3.8) is 0 Å². The zero-order valence-corrected chi connectivity index (χ0v) is 10.9. The van der Waals surface area contributed by atoms with Gasteiger partial charge in [0, 0.05) is 11.6 Å². The van der Waals surface area contributed by atoms with Crippen LogP contribution in [0.15, 0.2) is 45.6 Å². The van der Waals surface area contributed by atoms with Gasteiger partial charge in [-0.3, -0.25) is 4.79 Å². The molecule has 19 heavy (non-hydrogen) atoms. The predicted molar refractivity (Wildman–Crippen MR) is 71.4 cm³/mol. The molecule has 0 aliphatic heterocycles. The third-order valence-electron chi connectivity index (χ3n) is 2.40. The molecule has 0 N–H and O–H groups in total. The SMILES string of the molecule is CCOC(=O)c1cc(=O)c(Cl)c(-c2ccccc2)o1. The van der Waals surface area contributed by atoms with Crippen molar-refractivity contribution >= 4 is 17.6 Å². The van der Waals surface area contributed by atoms with Crippen LogP contribution in [0.3, 0.4) is 0 Å². The monoisotopic (exact) mass is 278 g/mol. The first kappa shape index (κ1) is 13.4. The van der Waals surface area contributed by atoms with Crippen molar-refractivity contribution in [2.45, 2.75) is 6.92 Å². The Balaban J connectivity index is 2.56. The first-order valence-electron chi connectivity index (χ1n) is 5.69. The van der Waals surface area contributed by atoms with E-state index in [1.807, 2.05) is 6.07 Å². The van der Waals surface area contributed by atoms with E-state index in [-0.39, 0.29) is 23.2 Å². The third kappa shape index (κ3) is 2.85. The summed E-state index contributed by atoms with van der Waals surface area (Å²) in [5.41, 5.74) is 0.144. The molecule has 0 aliphatic rings.